The molecule has 4 rings (SSSR count). The third-order valence-electron chi connectivity index (χ3n) is 6.16. The van der Waals surface area contributed by atoms with E-state index in [1.165, 1.54) is 0 Å². The molecule has 0 spiro atoms. The minimum atomic E-state index is -0.275. The average molecular weight is 428 g/mol. The molecule has 1 amide bonds. The van der Waals surface area contributed by atoms with E-state index in [-0.39, 0.29) is 18.0 Å². The van der Waals surface area contributed by atoms with E-state index >= 15 is 0 Å². The lowest BCUT2D eigenvalue weighted by Crippen LogP contribution is -2.54. The number of carbonyl (C=O) groups excluding carboxylic acids is 1. The fourth-order valence-electron chi connectivity index (χ4n) is 4.65. The van der Waals surface area contributed by atoms with Crippen LogP contribution in [0.1, 0.15) is 24.5 Å². The molecule has 3 aromatic rings. The normalized spacial score (nSPS) is 19.3. The summed E-state index contributed by atoms with van der Waals surface area (Å²) in [5.41, 5.74) is 3.51. The average Bonchev–Trinajstić information content (AvgIpc) is 2.82. The molecule has 3 atom stereocenters. The molecule has 32 heavy (non-hydrogen) atoms. The summed E-state index contributed by atoms with van der Waals surface area (Å²) in [5.74, 6) is 0.459. The van der Waals surface area contributed by atoms with Crippen LogP contribution >= 0.6 is 0 Å². The number of nitriles is 1. The van der Waals surface area contributed by atoms with Gasteiger partial charge in [-0.3, -0.25) is 9.78 Å². The molecule has 2 N–H and O–H groups in total. The fourth-order valence-corrected chi connectivity index (χ4v) is 4.65. The summed E-state index contributed by atoms with van der Waals surface area (Å²) in [6.07, 6.45) is 3.32. The summed E-state index contributed by atoms with van der Waals surface area (Å²) in [6, 6.07) is 19.9. The second-order valence-electron chi connectivity index (χ2n) is 8.63. The van der Waals surface area contributed by atoms with Gasteiger partial charge in [-0.15, -0.1) is 0 Å². The van der Waals surface area contributed by atoms with Gasteiger partial charge in [0.25, 0.3) is 0 Å². The monoisotopic (exact) mass is 427 g/mol. The molecule has 0 bridgehead atoms. The number of benzene rings is 2. The Labute approximate surface area is 189 Å². The van der Waals surface area contributed by atoms with Crippen LogP contribution in [0.15, 0.2) is 60.8 Å². The molecule has 1 aliphatic heterocycles. The molecular formula is C26H29N5O. The van der Waals surface area contributed by atoms with Crippen molar-refractivity contribution in [3.05, 3.63) is 71.9 Å². The molecule has 2 heterocycles. The molecule has 0 unspecified atom stereocenters. The number of amides is 1. The number of fused-ring (bicyclic) bond motifs is 1. The number of nitrogens with one attached hydrogen (secondary N) is 2. The highest BCUT2D eigenvalue weighted by atomic mass is 16.2. The van der Waals surface area contributed by atoms with E-state index < -0.39 is 0 Å². The van der Waals surface area contributed by atoms with Gasteiger partial charge >= 0.3 is 0 Å². The number of rotatable bonds is 6. The number of aromatic nitrogens is 1. The van der Waals surface area contributed by atoms with Crippen molar-refractivity contribution in [2.45, 2.75) is 31.8 Å². The summed E-state index contributed by atoms with van der Waals surface area (Å²) in [4.78, 5) is 19.8. The van der Waals surface area contributed by atoms with Crippen LogP contribution in [0, 0.1) is 17.2 Å². The summed E-state index contributed by atoms with van der Waals surface area (Å²) in [7, 11) is 1.83. The highest BCUT2D eigenvalue weighted by Gasteiger charge is 2.29. The first-order valence-corrected chi connectivity index (χ1v) is 11.1. The van der Waals surface area contributed by atoms with Crippen molar-refractivity contribution >= 4 is 22.5 Å². The van der Waals surface area contributed by atoms with E-state index in [1.54, 1.807) is 6.20 Å². The molecule has 6 nitrogen and oxygen atoms in total. The van der Waals surface area contributed by atoms with Gasteiger partial charge in [-0.05, 0) is 55.6 Å². The van der Waals surface area contributed by atoms with Crippen molar-refractivity contribution in [3.8, 4) is 6.07 Å². The second-order valence-corrected chi connectivity index (χ2v) is 8.63. The van der Waals surface area contributed by atoms with Crippen molar-refractivity contribution in [2.24, 2.45) is 5.92 Å². The Kier molecular flexibility index (Phi) is 6.67. The van der Waals surface area contributed by atoms with Crippen LogP contribution in [0.4, 0.5) is 5.69 Å². The van der Waals surface area contributed by atoms with Crippen molar-refractivity contribution in [2.75, 3.05) is 25.0 Å². The Morgan fingerprint density at radius 1 is 1.19 bits per heavy atom. The molecule has 1 aliphatic rings. The zero-order valence-corrected chi connectivity index (χ0v) is 18.6. The Morgan fingerprint density at radius 2 is 2.00 bits per heavy atom. The van der Waals surface area contributed by atoms with E-state index in [0.29, 0.717) is 17.9 Å². The molecule has 0 radical (unpaired) electrons. The zero-order chi connectivity index (χ0) is 22.5. The molecule has 1 fully saturated rings. The van der Waals surface area contributed by atoms with Crippen molar-refractivity contribution in [1.82, 2.24) is 15.6 Å². The maximum atomic E-state index is 13.1. The molecule has 0 saturated carbocycles. The Morgan fingerprint density at radius 3 is 2.75 bits per heavy atom. The van der Waals surface area contributed by atoms with Crippen LogP contribution < -0.4 is 15.5 Å². The number of hydrogen-bond acceptors (Lipinski definition) is 5. The highest BCUT2D eigenvalue weighted by molar-refractivity contribution is 5.95. The SMILES string of the molecule is CN[C@H](Cc1ccccc1)C(=O)N[C@@H]1C[C@H](C)CN(c2ccc(C#N)c3ncccc23)C1. The van der Waals surface area contributed by atoms with Gasteiger partial charge in [0.15, 0.2) is 0 Å². The number of carbonyl (C=O) groups is 1. The van der Waals surface area contributed by atoms with E-state index in [1.807, 2.05) is 61.6 Å². The van der Waals surface area contributed by atoms with E-state index in [4.69, 9.17) is 0 Å². The number of piperidine rings is 1. The summed E-state index contributed by atoms with van der Waals surface area (Å²) < 4.78 is 0. The van der Waals surface area contributed by atoms with E-state index in [0.717, 1.165) is 41.7 Å². The van der Waals surface area contributed by atoms with Crippen LogP contribution in [-0.4, -0.2) is 43.1 Å². The van der Waals surface area contributed by atoms with Gasteiger partial charge in [-0.1, -0.05) is 37.3 Å². The Bertz CT molecular complexity index is 1120. The number of likely N-dealkylation sites (N-methyl/N-ethyl adjacent to an activating group) is 1. The standard InChI is InChI=1S/C26H29N5O/c1-18-13-21(30-26(32)23(28-2)14-19-7-4-3-5-8-19)17-31(16-18)24-11-10-20(15-27)25-22(24)9-6-12-29-25/h3-12,18,21,23,28H,13-14,16-17H2,1-2H3,(H,30,32)/t18-,21+,23+/m0/s1. The number of pyridine rings is 1. The van der Waals surface area contributed by atoms with Crippen LogP contribution in [0.3, 0.4) is 0 Å². The molecular weight excluding hydrogens is 398 g/mol. The summed E-state index contributed by atoms with van der Waals surface area (Å²) >= 11 is 0. The minimum Gasteiger partial charge on any atom is -0.369 e. The Hall–Kier alpha value is -3.43. The van der Waals surface area contributed by atoms with Gasteiger partial charge in [0.05, 0.1) is 17.1 Å². The molecule has 0 aliphatic carbocycles. The first-order valence-electron chi connectivity index (χ1n) is 11.1. The topological polar surface area (TPSA) is 81.0 Å². The first kappa shape index (κ1) is 21.8. The van der Waals surface area contributed by atoms with E-state index in [2.05, 4.69) is 33.5 Å². The van der Waals surface area contributed by atoms with Gasteiger partial charge < -0.3 is 15.5 Å². The smallest absolute Gasteiger partial charge is 0.237 e. The molecule has 1 aromatic heterocycles. The first-order chi connectivity index (χ1) is 15.6. The predicted molar refractivity (Wildman–Crippen MR) is 127 cm³/mol. The summed E-state index contributed by atoms with van der Waals surface area (Å²) in [5, 5.41) is 16.9. The molecule has 6 heteroatoms. The minimum absolute atomic E-state index is 0.0294. The van der Waals surface area contributed by atoms with Crippen molar-refractivity contribution < 1.29 is 4.79 Å². The second kappa shape index (κ2) is 9.80. The predicted octanol–water partition coefficient (Wildman–Crippen LogP) is 3.27. The maximum Gasteiger partial charge on any atom is 0.237 e. The summed E-state index contributed by atoms with van der Waals surface area (Å²) in [6.45, 7) is 3.85. The fraction of sp³-hybridized carbons (Fsp3) is 0.346. The Balaban J connectivity index is 1.51. The van der Waals surface area contributed by atoms with Crippen molar-refractivity contribution in [3.63, 3.8) is 0 Å². The van der Waals surface area contributed by atoms with Crippen LogP contribution in [0.2, 0.25) is 0 Å². The van der Waals surface area contributed by atoms with Gasteiger partial charge in [-0.2, -0.15) is 5.26 Å². The quantitative estimate of drug-likeness (QED) is 0.631. The zero-order valence-electron chi connectivity index (χ0n) is 18.6. The van der Waals surface area contributed by atoms with E-state index in [9.17, 15) is 10.1 Å². The lowest BCUT2D eigenvalue weighted by molar-refractivity contribution is -0.123. The third kappa shape index (κ3) is 4.74. The third-order valence-corrected chi connectivity index (χ3v) is 6.16. The number of hydrogen-bond donors (Lipinski definition) is 2. The van der Waals surface area contributed by atoms with Crippen LogP contribution in [0.5, 0.6) is 0 Å². The lowest BCUT2D eigenvalue weighted by atomic mass is 9.94. The van der Waals surface area contributed by atoms with Crippen molar-refractivity contribution in [1.29, 1.82) is 5.26 Å². The molecule has 164 valence electrons. The largest absolute Gasteiger partial charge is 0.369 e. The van der Waals surface area contributed by atoms with Gasteiger partial charge in [0.2, 0.25) is 5.91 Å². The van der Waals surface area contributed by atoms with Crippen LogP contribution in [-0.2, 0) is 11.2 Å². The van der Waals surface area contributed by atoms with Gasteiger partial charge in [0, 0.05) is 36.4 Å². The van der Waals surface area contributed by atoms with Gasteiger partial charge in [0.1, 0.15) is 6.07 Å². The molecule has 1 saturated heterocycles. The maximum absolute atomic E-state index is 13.1. The lowest BCUT2D eigenvalue weighted by Gasteiger charge is -2.39. The van der Waals surface area contributed by atoms with Crippen LogP contribution in [0.25, 0.3) is 10.9 Å². The highest BCUT2D eigenvalue weighted by Crippen LogP contribution is 2.31. The number of nitrogens with zero attached hydrogens (tertiary/aromatic N) is 3. The molecule has 2 aromatic carbocycles. The number of anilines is 1. The van der Waals surface area contributed by atoms with Gasteiger partial charge in [-0.25, -0.2) is 0 Å².